The van der Waals surface area contributed by atoms with Crippen LogP contribution >= 0.6 is 0 Å². The van der Waals surface area contributed by atoms with Crippen LogP contribution in [0.2, 0.25) is 0 Å². The molecule has 1 unspecified atom stereocenters. The molecule has 1 atom stereocenters. The predicted molar refractivity (Wildman–Crippen MR) is 89.4 cm³/mol. The van der Waals surface area contributed by atoms with Crippen molar-refractivity contribution < 1.29 is 19.1 Å². The van der Waals surface area contributed by atoms with E-state index in [1.165, 1.54) is 12.8 Å². The number of hydrogen-bond donors (Lipinski definition) is 1. The molecule has 1 aromatic rings. The fraction of sp³-hybridized carbons (Fsp3) is 0.556. The van der Waals surface area contributed by atoms with Gasteiger partial charge in [-0.15, -0.1) is 0 Å². The minimum absolute atomic E-state index is 0.0539. The molecule has 0 bridgehead atoms. The Bertz CT molecular complexity index is 625. The van der Waals surface area contributed by atoms with Crippen LogP contribution in [0.3, 0.4) is 0 Å². The largest absolute Gasteiger partial charge is 0.493 e. The van der Waals surface area contributed by atoms with Gasteiger partial charge in [0, 0.05) is 25.6 Å². The van der Waals surface area contributed by atoms with E-state index >= 15 is 0 Å². The highest BCUT2D eigenvalue weighted by atomic mass is 16.5. The Kier molecular flexibility index (Phi) is 4.92. The lowest BCUT2D eigenvalue weighted by molar-refractivity contribution is -0.126. The average molecular weight is 332 g/mol. The van der Waals surface area contributed by atoms with Gasteiger partial charge in [0.2, 0.25) is 5.91 Å². The molecule has 1 saturated carbocycles. The Morgan fingerprint density at radius 2 is 2.00 bits per heavy atom. The second-order valence-corrected chi connectivity index (χ2v) is 6.54. The third kappa shape index (κ3) is 3.63. The van der Waals surface area contributed by atoms with E-state index < -0.39 is 0 Å². The molecule has 1 aromatic carbocycles. The number of nitrogens with zero attached hydrogens (tertiary/aromatic N) is 1. The van der Waals surface area contributed by atoms with Gasteiger partial charge < -0.3 is 19.7 Å². The number of rotatable bonds is 5. The first kappa shape index (κ1) is 16.6. The second kappa shape index (κ2) is 7.11. The molecule has 6 nitrogen and oxygen atoms in total. The number of amides is 2. The highest BCUT2D eigenvalue weighted by molar-refractivity contribution is 5.95. The highest BCUT2D eigenvalue weighted by Crippen LogP contribution is 2.32. The molecule has 6 heteroatoms. The van der Waals surface area contributed by atoms with Crippen LogP contribution in [0, 0.1) is 0 Å². The summed E-state index contributed by atoms with van der Waals surface area (Å²) in [6.45, 7) is 0.546. The number of likely N-dealkylation sites (N-methyl/N-ethyl adjacent to an activating group) is 1. The number of methoxy groups -OCH3 is 1. The van der Waals surface area contributed by atoms with Crippen LogP contribution in [0.25, 0.3) is 0 Å². The summed E-state index contributed by atoms with van der Waals surface area (Å²) in [6, 6.07) is 5.08. The molecule has 3 rings (SSSR count). The number of nitrogens with one attached hydrogen (secondary N) is 1. The third-order valence-electron chi connectivity index (χ3n) is 4.70. The summed E-state index contributed by atoms with van der Waals surface area (Å²) in [4.78, 5) is 25.6. The maximum Gasteiger partial charge on any atom is 0.251 e. The lowest BCUT2D eigenvalue weighted by Gasteiger charge is -2.17. The molecule has 1 saturated heterocycles. The van der Waals surface area contributed by atoms with Gasteiger partial charge in [-0.25, -0.2) is 0 Å². The predicted octanol–water partition coefficient (Wildman–Crippen LogP) is 1.98. The summed E-state index contributed by atoms with van der Waals surface area (Å²) in [5.41, 5.74) is 0.507. The van der Waals surface area contributed by atoms with Crippen molar-refractivity contribution in [3.05, 3.63) is 23.8 Å². The van der Waals surface area contributed by atoms with Crippen LogP contribution in [-0.4, -0.2) is 49.6 Å². The standard InChI is InChI=1S/C18H24N2O4/c1-20-11-13(10-17(20)21)19-18(22)12-7-8-15(16(9-12)23-2)24-14-5-3-4-6-14/h7-9,13-14H,3-6,10-11H2,1-2H3,(H,19,22). The Hall–Kier alpha value is -2.24. The number of likely N-dealkylation sites (tertiary alicyclic amines) is 1. The molecular formula is C18H24N2O4. The van der Waals surface area contributed by atoms with Gasteiger partial charge in [0.15, 0.2) is 11.5 Å². The van der Waals surface area contributed by atoms with Crippen molar-refractivity contribution in [2.24, 2.45) is 0 Å². The third-order valence-corrected chi connectivity index (χ3v) is 4.70. The Morgan fingerprint density at radius 3 is 2.62 bits per heavy atom. The van der Waals surface area contributed by atoms with Crippen molar-refractivity contribution in [1.29, 1.82) is 0 Å². The quantitative estimate of drug-likeness (QED) is 0.895. The minimum Gasteiger partial charge on any atom is -0.493 e. The van der Waals surface area contributed by atoms with Crippen LogP contribution in [0.1, 0.15) is 42.5 Å². The van der Waals surface area contributed by atoms with E-state index in [1.54, 1.807) is 37.3 Å². The van der Waals surface area contributed by atoms with Crippen molar-refractivity contribution in [3.63, 3.8) is 0 Å². The molecule has 0 radical (unpaired) electrons. The van der Waals surface area contributed by atoms with Gasteiger partial charge in [-0.3, -0.25) is 9.59 Å². The van der Waals surface area contributed by atoms with Crippen LogP contribution in [0.15, 0.2) is 18.2 Å². The molecular weight excluding hydrogens is 308 g/mol. The lowest BCUT2D eigenvalue weighted by atomic mass is 10.1. The molecule has 2 aliphatic rings. The zero-order chi connectivity index (χ0) is 17.1. The minimum atomic E-state index is -0.200. The molecule has 2 amide bonds. The maximum absolute atomic E-state index is 12.4. The van der Waals surface area contributed by atoms with Crippen molar-refractivity contribution in [1.82, 2.24) is 10.2 Å². The van der Waals surface area contributed by atoms with Crippen LogP contribution in [-0.2, 0) is 4.79 Å². The number of benzene rings is 1. The monoisotopic (exact) mass is 332 g/mol. The van der Waals surface area contributed by atoms with Gasteiger partial charge in [0.05, 0.1) is 19.3 Å². The molecule has 1 N–H and O–H groups in total. The molecule has 1 aliphatic carbocycles. The summed E-state index contributed by atoms with van der Waals surface area (Å²) < 4.78 is 11.4. The van der Waals surface area contributed by atoms with Crippen molar-refractivity contribution >= 4 is 11.8 Å². The fourth-order valence-corrected chi connectivity index (χ4v) is 3.32. The van der Waals surface area contributed by atoms with Crippen molar-refractivity contribution in [3.8, 4) is 11.5 Å². The zero-order valence-corrected chi connectivity index (χ0v) is 14.2. The first-order valence-corrected chi connectivity index (χ1v) is 8.46. The molecule has 1 heterocycles. The van der Waals surface area contributed by atoms with Crippen molar-refractivity contribution in [2.45, 2.75) is 44.2 Å². The summed E-state index contributed by atoms with van der Waals surface area (Å²) in [7, 11) is 3.32. The smallest absolute Gasteiger partial charge is 0.251 e. The van der Waals surface area contributed by atoms with E-state index in [-0.39, 0.29) is 24.0 Å². The van der Waals surface area contributed by atoms with Crippen molar-refractivity contribution in [2.75, 3.05) is 20.7 Å². The number of carbonyl (C=O) groups is 2. The molecule has 0 aromatic heterocycles. The maximum atomic E-state index is 12.4. The Balaban J connectivity index is 1.67. The van der Waals surface area contributed by atoms with Crippen LogP contribution in [0.4, 0.5) is 0 Å². The number of carbonyl (C=O) groups excluding carboxylic acids is 2. The summed E-state index contributed by atoms with van der Waals surface area (Å²) >= 11 is 0. The van der Waals surface area contributed by atoms with Gasteiger partial charge in [0.1, 0.15) is 0 Å². The Morgan fingerprint density at radius 1 is 1.25 bits per heavy atom. The van der Waals surface area contributed by atoms with Gasteiger partial charge in [-0.05, 0) is 43.9 Å². The highest BCUT2D eigenvalue weighted by Gasteiger charge is 2.28. The van der Waals surface area contributed by atoms with Crippen LogP contribution in [0.5, 0.6) is 11.5 Å². The summed E-state index contributed by atoms with van der Waals surface area (Å²) in [5, 5.41) is 2.90. The zero-order valence-electron chi connectivity index (χ0n) is 14.2. The lowest BCUT2D eigenvalue weighted by Crippen LogP contribution is -2.36. The summed E-state index contributed by atoms with van der Waals surface area (Å²) in [6.07, 6.45) is 5.11. The molecule has 1 aliphatic heterocycles. The van der Waals surface area contributed by atoms with E-state index in [2.05, 4.69) is 5.32 Å². The van der Waals surface area contributed by atoms with E-state index in [0.29, 0.717) is 30.0 Å². The number of hydrogen-bond acceptors (Lipinski definition) is 4. The molecule has 130 valence electrons. The van der Waals surface area contributed by atoms with Gasteiger partial charge >= 0.3 is 0 Å². The second-order valence-electron chi connectivity index (χ2n) is 6.54. The van der Waals surface area contributed by atoms with E-state index in [9.17, 15) is 9.59 Å². The van der Waals surface area contributed by atoms with Crippen LogP contribution < -0.4 is 14.8 Å². The van der Waals surface area contributed by atoms with Gasteiger partial charge in [-0.2, -0.15) is 0 Å². The Labute approximate surface area is 142 Å². The first-order valence-electron chi connectivity index (χ1n) is 8.46. The fourth-order valence-electron chi connectivity index (χ4n) is 3.32. The molecule has 0 spiro atoms. The van der Waals surface area contributed by atoms with E-state index in [4.69, 9.17) is 9.47 Å². The summed E-state index contributed by atoms with van der Waals surface area (Å²) in [5.74, 6) is 1.10. The topological polar surface area (TPSA) is 67.9 Å². The molecule has 2 fully saturated rings. The molecule has 24 heavy (non-hydrogen) atoms. The average Bonchev–Trinajstić information content (AvgIpc) is 3.18. The number of ether oxygens (including phenoxy) is 2. The SMILES string of the molecule is COc1cc(C(=O)NC2CC(=O)N(C)C2)ccc1OC1CCCC1. The van der Waals surface area contributed by atoms with E-state index in [1.807, 2.05) is 0 Å². The first-order chi connectivity index (χ1) is 11.6. The van der Waals surface area contributed by atoms with Gasteiger partial charge in [-0.1, -0.05) is 0 Å². The van der Waals surface area contributed by atoms with E-state index in [0.717, 1.165) is 12.8 Å². The van der Waals surface area contributed by atoms with Gasteiger partial charge in [0.25, 0.3) is 5.91 Å². The normalized spacial score (nSPS) is 21.2.